The molecule has 0 fully saturated rings. The fourth-order valence-corrected chi connectivity index (χ4v) is 4.04. The first-order chi connectivity index (χ1) is 19.0. The predicted octanol–water partition coefficient (Wildman–Crippen LogP) is 6.97. The van der Waals surface area contributed by atoms with Crippen molar-refractivity contribution in [1.29, 1.82) is 5.26 Å². The minimum atomic E-state index is -0.503. The number of carbonyl (C=O) groups excluding carboxylic acids is 1. The van der Waals surface area contributed by atoms with Gasteiger partial charge in [0.05, 0.1) is 18.9 Å². The number of rotatable bonds is 11. The number of anilines is 1. The summed E-state index contributed by atoms with van der Waals surface area (Å²) in [6, 6.07) is 24.7. The molecule has 198 valence electrons. The van der Waals surface area contributed by atoms with E-state index in [0.29, 0.717) is 35.9 Å². The number of nitrogens with one attached hydrogen (secondary N) is 1. The lowest BCUT2D eigenvalue weighted by Crippen LogP contribution is -2.13. The summed E-state index contributed by atoms with van der Waals surface area (Å²) in [5, 5.41) is 17.5. The molecule has 4 aromatic rings. The third-order valence-corrected chi connectivity index (χ3v) is 6.07. The fourth-order valence-electron chi connectivity index (χ4n) is 4.04. The van der Waals surface area contributed by atoms with E-state index in [1.165, 1.54) is 0 Å². The van der Waals surface area contributed by atoms with Crippen molar-refractivity contribution in [2.45, 2.75) is 33.6 Å². The van der Waals surface area contributed by atoms with Gasteiger partial charge in [-0.05, 0) is 86.5 Å². The SMILES string of the molecule is CCCCOc1ccc(-c2nn(-c3ccccc3)cc2/C=C(\C#N)C(=O)Nc2ccc(OCC)cc2)c(C)c1. The van der Waals surface area contributed by atoms with Gasteiger partial charge in [0.15, 0.2) is 0 Å². The molecule has 1 N–H and O–H groups in total. The number of hydrogen-bond acceptors (Lipinski definition) is 5. The molecule has 0 radical (unpaired) electrons. The van der Waals surface area contributed by atoms with Crippen molar-refractivity contribution in [2.75, 3.05) is 18.5 Å². The van der Waals surface area contributed by atoms with E-state index >= 15 is 0 Å². The third-order valence-electron chi connectivity index (χ3n) is 6.07. The summed E-state index contributed by atoms with van der Waals surface area (Å²) in [6.07, 6.45) is 5.47. The van der Waals surface area contributed by atoms with Crippen LogP contribution in [0.15, 0.2) is 84.6 Å². The van der Waals surface area contributed by atoms with Crippen LogP contribution in [-0.2, 0) is 4.79 Å². The third kappa shape index (κ3) is 6.93. The van der Waals surface area contributed by atoms with Gasteiger partial charge in [-0.1, -0.05) is 31.5 Å². The van der Waals surface area contributed by atoms with Gasteiger partial charge in [0, 0.05) is 23.0 Å². The Labute approximate surface area is 229 Å². The lowest BCUT2D eigenvalue weighted by Gasteiger charge is -2.10. The lowest BCUT2D eigenvalue weighted by molar-refractivity contribution is -0.112. The second-order valence-corrected chi connectivity index (χ2v) is 8.97. The molecular weight excluding hydrogens is 488 g/mol. The molecule has 0 saturated heterocycles. The van der Waals surface area contributed by atoms with Crippen LogP contribution in [0.25, 0.3) is 23.0 Å². The van der Waals surface area contributed by atoms with Crippen LogP contribution in [0.3, 0.4) is 0 Å². The monoisotopic (exact) mass is 520 g/mol. The Kier molecular flexibility index (Phi) is 9.15. The summed E-state index contributed by atoms with van der Waals surface area (Å²) in [7, 11) is 0. The quantitative estimate of drug-likeness (QED) is 0.131. The number of nitrogens with zero attached hydrogens (tertiary/aromatic N) is 3. The van der Waals surface area contributed by atoms with Crippen LogP contribution in [0.1, 0.15) is 37.8 Å². The van der Waals surface area contributed by atoms with Crippen molar-refractivity contribution in [3.63, 3.8) is 0 Å². The van der Waals surface area contributed by atoms with E-state index in [-0.39, 0.29) is 5.57 Å². The number of benzene rings is 3. The summed E-state index contributed by atoms with van der Waals surface area (Å²) in [5.74, 6) is 1.01. The normalized spacial score (nSPS) is 11.1. The Bertz CT molecular complexity index is 1480. The summed E-state index contributed by atoms with van der Waals surface area (Å²) in [6.45, 7) is 7.26. The first kappa shape index (κ1) is 27.2. The molecule has 0 aliphatic rings. The highest BCUT2D eigenvalue weighted by molar-refractivity contribution is 6.10. The fraction of sp³-hybridized carbons (Fsp3) is 0.219. The Morgan fingerprint density at radius 3 is 2.44 bits per heavy atom. The first-order valence-electron chi connectivity index (χ1n) is 13.1. The van der Waals surface area contributed by atoms with E-state index < -0.39 is 5.91 Å². The summed E-state index contributed by atoms with van der Waals surface area (Å²) in [5.41, 5.74) is 4.59. The molecule has 3 aromatic carbocycles. The highest BCUT2D eigenvalue weighted by Crippen LogP contribution is 2.31. The van der Waals surface area contributed by atoms with E-state index in [1.807, 2.05) is 74.6 Å². The van der Waals surface area contributed by atoms with Crippen molar-refractivity contribution in [3.05, 3.63) is 95.7 Å². The average Bonchev–Trinajstić information content (AvgIpc) is 3.37. The van der Waals surface area contributed by atoms with E-state index in [4.69, 9.17) is 14.6 Å². The lowest BCUT2D eigenvalue weighted by atomic mass is 10.0. The van der Waals surface area contributed by atoms with Gasteiger partial charge in [-0.2, -0.15) is 10.4 Å². The number of amides is 1. The molecule has 39 heavy (non-hydrogen) atoms. The Morgan fingerprint density at radius 2 is 1.77 bits per heavy atom. The number of aryl methyl sites for hydroxylation is 1. The molecular formula is C32H32N4O3. The number of para-hydroxylation sites is 1. The maximum Gasteiger partial charge on any atom is 0.266 e. The summed E-state index contributed by atoms with van der Waals surface area (Å²) in [4.78, 5) is 13.0. The topological polar surface area (TPSA) is 89.2 Å². The van der Waals surface area contributed by atoms with Crippen LogP contribution >= 0.6 is 0 Å². The molecule has 1 amide bonds. The van der Waals surface area contributed by atoms with E-state index in [9.17, 15) is 10.1 Å². The Morgan fingerprint density at radius 1 is 1.03 bits per heavy atom. The van der Waals surface area contributed by atoms with Crippen molar-refractivity contribution in [1.82, 2.24) is 9.78 Å². The second-order valence-electron chi connectivity index (χ2n) is 8.97. The van der Waals surface area contributed by atoms with Gasteiger partial charge in [-0.3, -0.25) is 4.79 Å². The van der Waals surface area contributed by atoms with Gasteiger partial charge in [-0.25, -0.2) is 4.68 Å². The number of carbonyl (C=O) groups is 1. The zero-order chi connectivity index (χ0) is 27.6. The van der Waals surface area contributed by atoms with Gasteiger partial charge in [0.1, 0.15) is 28.8 Å². The highest BCUT2D eigenvalue weighted by Gasteiger charge is 2.17. The molecule has 7 heteroatoms. The molecule has 0 unspecified atom stereocenters. The van der Waals surface area contributed by atoms with Gasteiger partial charge >= 0.3 is 0 Å². The van der Waals surface area contributed by atoms with Crippen molar-refractivity contribution in [3.8, 4) is 34.5 Å². The first-order valence-corrected chi connectivity index (χ1v) is 13.1. The molecule has 1 aromatic heterocycles. The molecule has 7 nitrogen and oxygen atoms in total. The van der Waals surface area contributed by atoms with Crippen molar-refractivity contribution < 1.29 is 14.3 Å². The van der Waals surface area contributed by atoms with Gasteiger partial charge in [-0.15, -0.1) is 0 Å². The van der Waals surface area contributed by atoms with Crippen LogP contribution in [0.4, 0.5) is 5.69 Å². The van der Waals surface area contributed by atoms with E-state index in [2.05, 4.69) is 12.2 Å². The molecule has 0 bridgehead atoms. The van der Waals surface area contributed by atoms with Gasteiger partial charge in [0.2, 0.25) is 0 Å². The van der Waals surface area contributed by atoms with Crippen LogP contribution in [0.5, 0.6) is 11.5 Å². The number of hydrogen-bond donors (Lipinski definition) is 1. The van der Waals surface area contributed by atoms with Crippen molar-refractivity contribution in [2.24, 2.45) is 0 Å². The van der Waals surface area contributed by atoms with E-state index in [0.717, 1.165) is 35.4 Å². The zero-order valence-corrected chi connectivity index (χ0v) is 22.5. The van der Waals surface area contributed by atoms with E-state index in [1.54, 1.807) is 35.0 Å². The van der Waals surface area contributed by atoms with Crippen LogP contribution in [0, 0.1) is 18.3 Å². The molecule has 1 heterocycles. The number of aromatic nitrogens is 2. The summed E-state index contributed by atoms with van der Waals surface area (Å²) >= 11 is 0. The van der Waals surface area contributed by atoms with Crippen molar-refractivity contribution >= 4 is 17.7 Å². The van der Waals surface area contributed by atoms with Gasteiger partial charge < -0.3 is 14.8 Å². The number of nitriles is 1. The highest BCUT2D eigenvalue weighted by atomic mass is 16.5. The van der Waals surface area contributed by atoms with Crippen LogP contribution in [0.2, 0.25) is 0 Å². The maximum atomic E-state index is 13.0. The van der Waals surface area contributed by atoms with Gasteiger partial charge in [0.25, 0.3) is 5.91 Å². The molecule has 4 rings (SSSR count). The smallest absolute Gasteiger partial charge is 0.266 e. The summed E-state index contributed by atoms with van der Waals surface area (Å²) < 4.78 is 13.1. The molecule has 0 saturated carbocycles. The Hall–Kier alpha value is -4.83. The predicted molar refractivity (Wildman–Crippen MR) is 154 cm³/mol. The maximum absolute atomic E-state index is 13.0. The Balaban J connectivity index is 1.68. The minimum absolute atomic E-state index is 0.0325. The van der Waals surface area contributed by atoms with Crippen LogP contribution in [-0.4, -0.2) is 28.9 Å². The second kappa shape index (κ2) is 13.1. The standard InChI is InChI=1S/C32H32N4O3/c1-4-6-18-39-29-16-17-30(23(3)19-29)31-25(22-36(35-31)27-10-8-7-9-11-27)20-24(21-33)32(37)34-26-12-14-28(15-13-26)38-5-2/h7-17,19-20,22H,4-6,18H2,1-3H3,(H,34,37)/b24-20+. The minimum Gasteiger partial charge on any atom is -0.494 e. The zero-order valence-electron chi connectivity index (χ0n) is 22.5. The molecule has 0 spiro atoms. The molecule has 0 atom stereocenters. The number of ether oxygens (including phenoxy) is 2. The number of unbranched alkanes of at least 4 members (excludes halogenated alkanes) is 1. The average molecular weight is 521 g/mol. The van der Waals surface area contributed by atoms with Crippen LogP contribution < -0.4 is 14.8 Å². The largest absolute Gasteiger partial charge is 0.494 e. The molecule has 0 aliphatic carbocycles. The molecule has 0 aliphatic heterocycles.